The Morgan fingerprint density at radius 2 is 1.83 bits per heavy atom. The zero-order valence-electron chi connectivity index (χ0n) is 16.1. The minimum atomic E-state index is -1.11. The quantitative estimate of drug-likeness (QED) is 0.276. The smallest absolute Gasteiger partial charge is 0.404 e. The van der Waals surface area contributed by atoms with E-state index in [0.29, 0.717) is 13.0 Å². The second-order valence-electron chi connectivity index (χ2n) is 6.58. The van der Waals surface area contributed by atoms with Crippen molar-refractivity contribution in [1.29, 1.82) is 0 Å². The number of carboxylic acid groups (broad SMARTS) is 1. The lowest BCUT2D eigenvalue weighted by Crippen LogP contribution is -2.60. The first kappa shape index (κ1) is 22.7. The van der Waals surface area contributed by atoms with E-state index in [1.165, 1.54) is 4.90 Å². The lowest BCUT2D eigenvalue weighted by Gasteiger charge is -2.38. The molecule has 12 heteroatoms. The lowest BCUT2D eigenvalue weighted by atomic mass is 10.0. The number of ether oxygens (including phenoxy) is 2. The van der Waals surface area contributed by atoms with Gasteiger partial charge in [0.15, 0.2) is 0 Å². The number of hydrogen-bond acceptors (Lipinski definition) is 8. The fourth-order valence-electron chi connectivity index (χ4n) is 3.10. The Labute approximate surface area is 167 Å². The molecule has 0 bridgehead atoms. The minimum absolute atomic E-state index is 0.0446. The highest BCUT2D eigenvalue weighted by Gasteiger charge is 2.37. The van der Waals surface area contributed by atoms with Gasteiger partial charge in [0.25, 0.3) is 0 Å². The van der Waals surface area contributed by atoms with Gasteiger partial charge in [-0.3, -0.25) is 34.3 Å². The third-order valence-corrected chi connectivity index (χ3v) is 4.56. The summed E-state index contributed by atoms with van der Waals surface area (Å²) in [6.45, 7) is 1.57. The molecule has 2 saturated heterocycles. The molecule has 0 saturated carbocycles. The molecule has 0 aromatic carbocycles. The fourth-order valence-corrected chi connectivity index (χ4v) is 3.10. The zero-order chi connectivity index (χ0) is 21.2. The molecule has 162 valence electrons. The Morgan fingerprint density at radius 1 is 1.10 bits per heavy atom. The summed E-state index contributed by atoms with van der Waals surface area (Å²) in [5, 5.41) is 12.8. The highest BCUT2D eigenvalue weighted by Crippen LogP contribution is 2.16. The van der Waals surface area contributed by atoms with Gasteiger partial charge in [0.05, 0.1) is 45.4 Å². The number of rotatable bonds is 10. The third-order valence-electron chi connectivity index (χ3n) is 4.56. The second kappa shape index (κ2) is 11.4. The summed E-state index contributed by atoms with van der Waals surface area (Å²) in [5.41, 5.74) is 0. The van der Waals surface area contributed by atoms with Crippen molar-refractivity contribution in [2.24, 2.45) is 0 Å². The molecule has 12 nitrogen and oxygen atoms in total. The molecule has 1 atom stereocenters. The van der Waals surface area contributed by atoms with Crippen LogP contribution >= 0.6 is 0 Å². The first-order valence-electron chi connectivity index (χ1n) is 9.41. The van der Waals surface area contributed by atoms with E-state index in [1.54, 1.807) is 4.90 Å². The molecule has 0 aromatic heterocycles. The van der Waals surface area contributed by atoms with Gasteiger partial charge in [0.1, 0.15) is 0 Å². The Morgan fingerprint density at radius 3 is 2.48 bits per heavy atom. The number of carbonyl (C=O) groups is 5. The highest BCUT2D eigenvalue weighted by molar-refractivity contribution is 6.01. The van der Waals surface area contributed by atoms with Crippen LogP contribution in [-0.4, -0.2) is 103 Å². The first-order chi connectivity index (χ1) is 13.9. The summed E-state index contributed by atoms with van der Waals surface area (Å²) < 4.78 is 10.4. The molecule has 2 aliphatic rings. The van der Waals surface area contributed by atoms with Gasteiger partial charge in [-0.25, -0.2) is 4.79 Å². The van der Waals surface area contributed by atoms with Gasteiger partial charge in [-0.05, 0) is 6.42 Å². The lowest BCUT2D eigenvalue weighted by molar-refractivity contribution is -0.151. The minimum Gasteiger partial charge on any atom is -0.465 e. The highest BCUT2D eigenvalue weighted by atomic mass is 16.5. The van der Waals surface area contributed by atoms with Crippen LogP contribution < -0.4 is 10.6 Å². The van der Waals surface area contributed by atoms with Gasteiger partial charge in [0, 0.05) is 26.1 Å². The van der Waals surface area contributed by atoms with Gasteiger partial charge in [-0.2, -0.15) is 0 Å². The largest absolute Gasteiger partial charge is 0.465 e. The van der Waals surface area contributed by atoms with Gasteiger partial charge in [-0.1, -0.05) is 0 Å². The predicted molar refractivity (Wildman–Crippen MR) is 96.7 cm³/mol. The summed E-state index contributed by atoms with van der Waals surface area (Å²) in [6, 6.07) is -0.525. The van der Waals surface area contributed by atoms with Crippen molar-refractivity contribution in [3.8, 4) is 0 Å². The second-order valence-corrected chi connectivity index (χ2v) is 6.58. The van der Waals surface area contributed by atoms with Gasteiger partial charge < -0.3 is 19.9 Å². The molecule has 1 unspecified atom stereocenters. The van der Waals surface area contributed by atoms with Crippen molar-refractivity contribution >= 4 is 29.7 Å². The summed E-state index contributed by atoms with van der Waals surface area (Å²) in [6.07, 6.45) is -0.462. The average Bonchev–Trinajstić information content (AvgIpc) is 2.66. The summed E-state index contributed by atoms with van der Waals surface area (Å²) in [4.78, 5) is 60.8. The van der Waals surface area contributed by atoms with Crippen molar-refractivity contribution in [3.63, 3.8) is 0 Å². The zero-order valence-corrected chi connectivity index (χ0v) is 16.1. The molecule has 0 spiro atoms. The number of piperidine rings is 1. The molecule has 0 aromatic rings. The monoisotopic (exact) mass is 414 g/mol. The van der Waals surface area contributed by atoms with Crippen molar-refractivity contribution in [2.45, 2.75) is 25.3 Å². The maximum absolute atomic E-state index is 12.3. The molecule has 0 aliphatic carbocycles. The summed E-state index contributed by atoms with van der Waals surface area (Å²) >= 11 is 0. The molecule has 3 N–H and O–H groups in total. The Bertz CT molecular complexity index is 641. The maximum Gasteiger partial charge on any atom is 0.404 e. The standard InChI is InChI=1S/C17H26N4O8/c22-13-2-1-12(16(25)19-13)20-5-6-21(15(24)11-20)14(23)3-7-28-9-10-29-8-4-18-17(26)27/h12,18H,1-11H2,(H,26,27)(H,19,22,25). The number of imide groups is 2. The predicted octanol–water partition coefficient (Wildman–Crippen LogP) is -1.85. The van der Waals surface area contributed by atoms with Crippen molar-refractivity contribution in [2.75, 3.05) is 52.6 Å². The van der Waals surface area contributed by atoms with Gasteiger partial charge >= 0.3 is 6.09 Å². The molecule has 5 amide bonds. The third kappa shape index (κ3) is 7.40. The van der Waals surface area contributed by atoms with Crippen LogP contribution in [0.1, 0.15) is 19.3 Å². The van der Waals surface area contributed by atoms with Crippen LogP contribution in [0.15, 0.2) is 0 Å². The normalized spacial score (nSPS) is 20.5. The van der Waals surface area contributed by atoms with E-state index in [0.717, 1.165) is 0 Å². The number of nitrogens with zero attached hydrogens (tertiary/aromatic N) is 2. The fraction of sp³-hybridized carbons (Fsp3) is 0.706. The van der Waals surface area contributed by atoms with Gasteiger partial charge in [0.2, 0.25) is 23.6 Å². The van der Waals surface area contributed by atoms with Crippen molar-refractivity contribution in [1.82, 2.24) is 20.4 Å². The first-order valence-corrected chi connectivity index (χ1v) is 9.41. The van der Waals surface area contributed by atoms with E-state index >= 15 is 0 Å². The van der Waals surface area contributed by atoms with Crippen LogP contribution in [0.4, 0.5) is 4.79 Å². The van der Waals surface area contributed by atoms with E-state index in [2.05, 4.69) is 10.6 Å². The summed E-state index contributed by atoms with van der Waals surface area (Å²) in [7, 11) is 0. The molecule has 2 rings (SSSR count). The molecule has 2 fully saturated rings. The molecular formula is C17H26N4O8. The Hall–Kier alpha value is -2.57. The van der Waals surface area contributed by atoms with Crippen LogP contribution in [0.2, 0.25) is 0 Å². The molecule has 29 heavy (non-hydrogen) atoms. The number of amides is 5. The van der Waals surface area contributed by atoms with Crippen molar-refractivity contribution < 1.29 is 38.6 Å². The maximum atomic E-state index is 12.3. The van der Waals surface area contributed by atoms with Crippen LogP contribution in [-0.2, 0) is 28.7 Å². The van der Waals surface area contributed by atoms with E-state index < -0.39 is 18.0 Å². The van der Waals surface area contributed by atoms with E-state index in [4.69, 9.17) is 14.6 Å². The number of piperazine rings is 1. The van der Waals surface area contributed by atoms with Crippen molar-refractivity contribution in [3.05, 3.63) is 0 Å². The van der Waals surface area contributed by atoms with E-state index in [-0.39, 0.29) is 76.6 Å². The van der Waals surface area contributed by atoms with Gasteiger partial charge in [-0.15, -0.1) is 0 Å². The summed E-state index contributed by atoms with van der Waals surface area (Å²) in [5.74, 6) is -1.43. The topological polar surface area (TPSA) is 155 Å². The number of hydrogen-bond donors (Lipinski definition) is 3. The molecule has 2 aliphatic heterocycles. The molecule has 0 radical (unpaired) electrons. The van der Waals surface area contributed by atoms with E-state index in [1.807, 2.05) is 0 Å². The van der Waals surface area contributed by atoms with Crippen LogP contribution in [0.3, 0.4) is 0 Å². The van der Waals surface area contributed by atoms with Crippen LogP contribution in [0.5, 0.6) is 0 Å². The number of nitrogens with one attached hydrogen (secondary N) is 2. The Balaban J connectivity index is 1.59. The number of carbonyl (C=O) groups excluding carboxylic acids is 4. The SMILES string of the molecule is O=C(O)NCCOCCOCCC(=O)N1CCN(C2CCC(=O)NC2=O)CC1=O. The van der Waals surface area contributed by atoms with E-state index in [9.17, 15) is 24.0 Å². The van der Waals surface area contributed by atoms with Crippen LogP contribution in [0.25, 0.3) is 0 Å². The Kier molecular flexibility index (Phi) is 8.96. The molecular weight excluding hydrogens is 388 g/mol. The average molecular weight is 414 g/mol. The molecule has 2 heterocycles. The van der Waals surface area contributed by atoms with Crippen LogP contribution in [0, 0.1) is 0 Å².